The lowest BCUT2D eigenvalue weighted by atomic mass is 10.1. The summed E-state index contributed by atoms with van der Waals surface area (Å²) in [6, 6.07) is 7.47. The van der Waals surface area contributed by atoms with Crippen molar-refractivity contribution < 1.29 is 4.79 Å². The Morgan fingerprint density at radius 2 is 2.17 bits per heavy atom. The van der Waals surface area contributed by atoms with Crippen LogP contribution in [-0.2, 0) is 6.54 Å². The molecule has 0 N–H and O–H groups in total. The molecule has 94 valence electrons. The van der Waals surface area contributed by atoms with Crippen LogP contribution in [0.2, 0.25) is 5.02 Å². The highest BCUT2D eigenvalue weighted by atomic mass is 127. The van der Waals surface area contributed by atoms with Crippen molar-refractivity contribution in [3.05, 3.63) is 50.3 Å². The Bertz CT molecular complexity index is 580. The van der Waals surface area contributed by atoms with Crippen molar-refractivity contribution in [3.63, 3.8) is 0 Å². The number of carbonyl (C=O) groups is 1. The van der Waals surface area contributed by atoms with E-state index in [0.29, 0.717) is 22.8 Å². The number of carbonyl (C=O) groups excluding carboxylic acids is 1. The molecule has 0 saturated heterocycles. The molecule has 0 aliphatic carbocycles. The van der Waals surface area contributed by atoms with E-state index in [1.54, 1.807) is 4.68 Å². The highest BCUT2D eigenvalue weighted by Gasteiger charge is 2.20. The van der Waals surface area contributed by atoms with E-state index in [4.69, 9.17) is 11.6 Å². The van der Waals surface area contributed by atoms with Crippen LogP contribution in [0.1, 0.15) is 29.4 Å². The second-order valence-electron chi connectivity index (χ2n) is 3.87. The van der Waals surface area contributed by atoms with Crippen LogP contribution in [0.5, 0.6) is 0 Å². The summed E-state index contributed by atoms with van der Waals surface area (Å²) in [5.74, 6) is -0.0732. The van der Waals surface area contributed by atoms with Gasteiger partial charge in [0.2, 0.25) is 5.78 Å². The molecule has 0 unspecified atom stereocenters. The number of aryl methyl sites for hydroxylation is 1. The van der Waals surface area contributed by atoms with Gasteiger partial charge in [0.1, 0.15) is 5.69 Å². The maximum absolute atomic E-state index is 12.5. The molecule has 3 nitrogen and oxygen atoms in total. The first-order valence-corrected chi connectivity index (χ1v) is 7.11. The molecule has 1 aromatic heterocycles. The Kier molecular flexibility index (Phi) is 4.40. The van der Waals surface area contributed by atoms with E-state index >= 15 is 0 Å². The molecule has 1 aromatic carbocycles. The topological polar surface area (TPSA) is 34.9 Å². The third-order valence-corrected chi connectivity index (χ3v) is 3.78. The first kappa shape index (κ1) is 13.5. The van der Waals surface area contributed by atoms with E-state index in [2.05, 4.69) is 27.7 Å². The van der Waals surface area contributed by atoms with Crippen molar-refractivity contribution in [1.82, 2.24) is 9.78 Å². The zero-order chi connectivity index (χ0) is 13.1. The van der Waals surface area contributed by atoms with Crippen LogP contribution in [0.4, 0.5) is 0 Å². The highest BCUT2D eigenvalue weighted by molar-refractivity contribution is 14.1. The lowest BCUT2D eigenvalue weighted by Crippen LogP contribution is -2.13. The van der Waals surface area contributed by atoms with Gasteiger partial charge in [-0.15, -0.1) is 0 Å². The van der Waals surface area contributed by atoms with Crippen molar-refractivity contribution >= 4 is 40.0 Å². The Morgan fingerprint density at radius 3 is 2.83 bits per heavy atom. The lowest BCUT2D eigenvalue weighted by molar-refractivity contribution is 0.102. The van der Waals surface area contributed by atoms with Crippen molar-refractivity contribution in [1.29, 1.82) is 0 Å². The van der Waals surface area contributed by atoms with Gasteiger partial charge in [-0.25, -0.2) is 0 Å². The van der Waals surface area contributed by atoms with E-state index in [1.165, 1.54) is 6.20 Å². The smallest absolute Gasteiger partial charge is 0.213 e. The van der Waals surface area contributed by atoms with Crippen molar-refractivity contribution in [3.8, 4) is 0 Å². The van der Waals surface area contributed by atoms with Gasteiger partial charge in [-0.1, -0.05) is 30.7 Å². The van der Waals surface area contributed by atoms with Crippen LogP contribution in [0, 0.1) is 3.57 Å². The zero-order valence-electron chi connectivity index (χ0n) is 9.86. The first-order valence-electron chi connectivity index (χ1n) is 5.65. The van der Waals surface area contributed by atoms with Crippen molar-refractivity contribution in [2.45, 2.75) is 19.9 Å². The average Bonchev–Trinajstić information content (AvgIpc) is 2.71. The Balaban J connectivity index is 2.46. The summed E-state index contributed by atoms with van der Waals surface area (Å²) in [5.41, 5.74) is 1.14. The largest absolute Gasteiger partial charge is 0.287 e. The van der Waals surface area contributed by atoms with Crippen LogP contribution in [0.3, 0.4) is 0 Å². The van der Waals surface area contributed by atoms with Crippen LogP contribution < -0.4 is 0 Å². The normalized spacial score (nSPS) is 10.6. The van der Waals surface area contributed by atoms with E-state index in [-0.39, 0.29) is 5.78 Å². The Hall–Kier alpha value is -0.880. The number of ketones is 1. The molecule has 0 radical (unpaired) electrons. The van der Waals surface area contributed by atoms with Gasteiger partial charge in [-0.2, -0.15) is 5.10 Å². The highest BCUT2D eigenvalue weighted by Crippen LogP contribution is 2.22. The van der Waals surface area contributed by atoms with Crippen LogP contribution in [0.15, 0.2) is 30.5 Å². The maximum Gasteiger partial charge on any atom is 0.213 e. The molecule has 5 heteroatoms. The third kappa shape index (κ3) is 2.59. The average molecular weight is 375 g/mol. The quantitative estimate of drug-likeness (QED) is 0.603. The molecule has 2 rings (SSSR count). The minimum Gasteiger partial charge on any atom is -0.287 e. The summed E-state index contributed by atoms with van der Waals surface area (Å²) < 4.78 is 2.59. The first-order chi connectivity index (χ1) is 8.65. The Labute approximate surface area is 124 Å². The van der Waals surface area contributed by atoms with Gasteiger partial charge in [-0.3, -0.25) is 9.48 Å². The monoisotopic (exact) mass is 374 g/mol. The number of nitrogens with zero attached hydrogens (tertiary/aromatic N) is 2. The fourth-order valence-corrected chi connectivity index (χ4v) is 2.60. The fourth-order valence-electron chi connectivity index (χ4n) is 1.74. The lowest BCUT2D eigenvalue weighted by Gasteiger charge is -2.07. The molecule has 0 atom stereocenters. The van der Waals surface area contributed by atoms with Crippen LogP contribution >= 0.6 is 34.2 Å². The van der Waals surface area contributed by atoms with Gasteiger partial charge in [-0.05, 0) is 41.1 Å². The van der Waals surface area contributed by atoms with Gasteiger partial charge in [0.05, 0.1) is 11.2 Å². The number of hydrogen-bond acceptors (Lipinski definition) is 2. The molecule has 0 amide bonds. The predicted molar refractivity (Wildman–Crippen MR) is 80.1 cm³/mol. The molecule has 0 bridgehead atoms. The van der Waals surface area contributed by atoms with Gasteiger partial charge < -0.3 is 0 Å². The molecule has 0 aliphatic heterocycles. The summed E-state index contributed by atoms with van der Waals surface area (Å²) in [5, 5.41) is 4.55. The molecule has 0 saturated carbocycles. The number of rotatable bonds is 4. The second-order valence-corrected chi connectivity index (χ2v) is 5.44. The minimum atomic E-state index is -0.0732. The SMILES string of the molecule is CCCn1ncc(Cl)c1C(=O)c1ccccc1I. The van der Waals surface area contributed by atoms with Crippen molar-refractivity contribution in [2.75, 3.05) is 0 Å². The predicted octanol–water partition coefficient (Wildman–Crippen LogP) is 3.78. The van der Waals surface area contributed by atoms with Crippen LogP contribution in [-0.4, -0.2) is 15.6 Å². The standard InChI is InChI=1S/C13H12ClIN2O/c1-2-7-17-12(10(14)8-16-17)13(18)9-5-3-4-6-11(9)15/h3-6,8H,2,7H2,1H3. The van der Waals surface area contributed by atoms with Gasteiger partial charge >= 0.3 is 0 Å². The second kappa shape index (κ2) is 5.84. The zero-order valence-corrected chi connectivity index (χ0v) is 12.8. The number of halogens is 2. The molecule has 2 aromatic rings. The molecule has 0 fully saturated rings. The molecular formula is C13H12ClIN2O. The minimum absolute atomic E-state index is 0.0732. The Morgan fingerprint density at radius 1 is 1.44 bits per heavy atom. The summed E-state index contributed by atoms with van der Waals surface area (Å²) in [4.78, 5) is 12.5. The summed E-state index contributed by atoms with van der Waals surface area (Å²) >= 11 is 8.22. The van der Waals surface area contributed by atoms with Crippen LogP contribution in [0.25, 0.3) is 0 Å². The van der Waals surface area contributed by atoms with E-state index in [1.807, 2.05) is 31.2 Å². The van der Waals surface area contributed by atoms with E-state index in [0.717, 1.165) is 9.99 Å². The maximum atomic E-state index is 12.5. The number of hydrogen-bond donors (Lipinski definition) is 0. The number of aromatic nitrogens is 2. The van der Waals surface area contributed by atoms with Crippen molar-refractivity contribution in [2.24, 2.45) is 0 Å². The third-order valence-electron chi connectivity index (χ3n) is 2.56. The van der Waals surface area contributed by atoms with Gasteiger partial charge in [0.15, 0.2) is 0 Å². The summed E-state index contributed by atoms with van der Waals surface area (Å²) in [7, 11) is 0. The molecular weight excluding hydrogens is 363 g/mol. The van der Waals surface area contributed by atoms with E-state index in [9.17, 15) is 4.79 Å². The molecule has 0 spiro atoms. The van der Waals surface area contributed by atoms with Gasteiger partial charge in [0, 0.05) is 15.7 Å². The molecule has 1 heterocycles. The number of benzene rings is 1. The summed E-state index contributed by atoms with van der Waals surface area (Å²) in [6.07, 6.45) is 2.43. The van der Waals surface area contributed by atoms with E-state index < -0.39 is 0 Å². The molecule has 18 heavy (non-hydrogen) atoms. The fraction of sp³-hybridized carbons (Fsp3) is 0.231. The summed E-state index contributed by atoms with van der Waals surface area (Å²) in [6.45, 7) is 2.73. The molecule has 0 aliphatic rings. The van der Waals surface area contributed by atoms with Gasteiger partial charge in [0.25, 0.3) is 0 Å².